The number of ether oxygens (including phenoxy) is 2. The van der Waals surface area contributed by atoms with Gasteiger partial charge in [0, 0.05) is 26.1 Å². The molecule has 3 rings (SSSR count). The molecule has 2 heterocycles. The Morgan fingerprint density at radius 1 is 1.44 bits per heavy atom. The summed E-state index contributed by atoms with van der Waals surface area (Å²) in [6.45, 7) is 6.50. The highest BCUT2D eigenvalue weighted by Crippen LogP contribution is 2.41. The zero-order valence-electron chi connectivity index (χ0n) is 15.6. The number of carbonyl (C=O) groups is 1. The highest BCUT2D eigenvalue weighted by molar-refractivity contribution is 5.73. The number of nitrogens with zero attached hydrogens (tertiary/aromatic N) is 1. The third kappa shape index (κ3) is 5.95. The van der Waals surface area contributed by atoms with Crippen LogP contribution in [-0.4, -0.2) is 61.2 Å². The van der Waals surface area contributed by atoms with Crippen LogP contribution in [0.25, 0.3) is 0 Å². The second-order valence-electron chi connectivity index (χ2n) is 6.98. The molecule has 6 nitrogen and oxygen atoms in total. The van der Waals surface area contributed by atoms with E-state index in [1.165, 1.54) is 12.8 Å². The highest BCUT2D eigenvalue weighted by atomic mass is 19.4. The lowest BCUT2D eigenvalue weighted by Gasteiger charge is -2.43. The van der Waals surface area contributed by atoms with Gasteiger partial charge in [0.05, 0.1) is 25.4 Å². The largest absolute Gasteiger partial charge is 0.490 e. The molecule has 1 aromatic rings. The number of aryl methyl sites for hydroxylation is 1. The maximum atomic E-state index is 10.6. The van der Waals surface area contributed by atoms with Crippen molar-refractivity contribution in [1.29, 1.82) is 0 Å². The molecule has 27 heavy (non-hydrogen) atoms. The molecule has 1 aliphatic carbocycles. The summed E-state index contributed by atoms with van der Waals surface area (Å²) >= 11 is 0. The maximum Gasteiger partial charge on any atom is 0.490 e. The molecular formula is C18H26F3NO5. The molecule has 0 amide bonds. The summed E-state index contributed by atoms with van der Waals surface area (Å²) in [7, 11) is 1.79. The van der Waals surface area contributed by atoms with Crippen molar-refractivity contribution in [2.75, 3.05) is 33.4 Å². The SMILES string of the molecule is COC[C@@H]1CCC[C@]12CN(Cc1ccc(C)o1)CCO2.O=C(O)C(F)(F)F. The number of methoxy groups -OCH3 is 1. The summed E-state index contributed by atoms with van der Waals surface area (Å²) in [4.78, 5) is 11.4. The molecule has 9 heteroatoms. The van der Waals surface area contributed by atoms with Gasteiger partial charge in [-0.15, -0.1) is 0 Å². The van der Waals surface area contributed by atoms with Crippen LogP contribution in [0.1, 0.15) is 30.8 Å². The molecule has 0 aromatic carbocycles. The number of alkyl halides is 3. The quantitative estimate of drug-likeness (QED) is 0.847. The number of halogens is 3. The van der Waals surface area contributed by atoms with Crippen molar-refractivity contribution < 1.29 is 37.0 Å². The monoisotopic (exact) mass is 393 g/mol. The molecule has 1 saturated carbocycles. The van der Waals surface area contributed by atoms with E-state index in [4.69, 9.17) is 23.8 Å². The Morgan fingerprint density at radius 3 is 2.70 bits per heavy atom. The van der Waals surface area contributed by atoms with Crippen LogP contribution >= 0.6 is 0 Å². The Labute approximate surface area is 156 Å². The number of carboxylic acid groups (broad SMARTS) is 1. The van der Waals surface area contributed by atoms with Gasteiger partial charge in [-0.3, -0.25) is 4.90 Å². The van der Waals surface area contributed by atoms with Crippen molar-refractivity contribution in [3.63, 3.8) is 0 Å². The predicted molar refractivity (Wildman–Crippen MR) is 90.3 cm³/mol. The second-order valence-corrected chi connectivity index (χ2v) is 6.98. The summed E-state index contributed by atoms with van der Waals surface area (Å²) in [6, 6.07) is 4.12. The van der Waals surface area contributed by atoms with Crippen LogP contribution in [0.15, 0.2) is 16.5 Å². The van der Waals surface area contributed by atoms with Crippen LogP contribution in [0, 0.1) is 12.8 Å². The number of carboxylic acids is 1. The van der Waals surface area contributed by atoms with Crippen LogP contribution in [0.4, 0.5) is 13.2 Å². The molecule has 2 aliphatic rings. The van der Waals surface area contributed by atoms with Gasteiger partial charge in [0.2, 0.25) is 0 Å². The van der Waals surface area contributed by atoms with E-state index in [-0.39, 0.29) is 5.60 Å². The average molecular weight is 393 g/mol. The van der Waals surface area contributed by atoms with E-state index in [9.17, 15) is 13.2 Å². The molecular weight excluding hydrogens is 367 g/mol. The summed E-state index contributed by atoms with van der Waals surface area (Å²) in [5.74, 6) is -0.178. The molecule has 1 N–H and O–H groups in total. The Morgan fingerprint density at radius 2 is 2.15 bits per heavy atom. The van der Waals surface area contributed by atoms with E-state index in [0.717, 1.165) is 50.8 Å². The van der Waals surface area contributed by atoms with Gasteiger partial charge < -0.3 is 19.0 Å². The van der Waals surface area contributed by atoms with Crippen molar-refractivity contribution >= 4 is 5.97 Å². The zero-order valence-corrected chi connectivity index (χ0v) is 15.6. The van der Waals surface area contributed by atoms with E-state index >= 15 is 0 Å². The van der Waals surface area contributed by atoms with Crippen LogP contribution < -0.4 is 0 Å². The van der Waals surface area contributed by atoms with E-state index in [0.29, 0.717) is 5.92 Å². The van der Waals surface area contributed by atoms with Crippen molar-refractivity contribution in [1.82, 2.24) is 4.90 Å². The van der Waals surface area contributed by atoms with Gasteiger partial charge in [-0.2, -0.15) is 13.2 Å². The molecule has 1 aromatic heterocycles. The molecule has 154 valence electrons. The number of hydrogen-bond acceptors (Lipinski definition) is 5. The van der Waals surface area contributed by atoms with Crippen molar-refractivity contribution in [3.8, 4) is 0 Å². The minimum Gasteiger partial charge on any atom is -0.475 e. The Hall–Kier alpha value is -1.58. The van der Waals surface area contributed by atoms with E-state index in [1.807, 2.05) is 13.0 Å². The number of rotatable bonds is 4. The fraction of sp³-hybridized carbons (Fsp3) is 0.722. The zero-order chi connectivity index (χ0) is 20.1. The third-order valence-electron chi connectivity index (χ3n) is 4.97. The summed E-state index contributed by atoms with van der Waals surface area (Å²) in [5.41, 5.74) is 0.00982. The highest BCUT2D eigenvalue weighted by Gasteiger charge is 2.46. The lowest BCUT2D eigenvalue weighted by molar-refractivity contribution is -0.192. The molecule has 0 unspecified atom stereocenters. The molecule has 0 bridgehead atoms. The van der Waals surface area contributed by atoms with E-state index in [1.54, 1.807) is 7.11 Å². The van der Waals surface area contributed by atoms with Crippen molar-refractivity contribution in [3.05, 3.63) is 23.7 Å². The first-order chi connectivity index (χ1) is 12.7. The van der Waals surface area contributed by atoms with Gasteiger partial charge in [0.1, 0.15) is 11.5 Å². The third-order valence-corrected chi connectivity index (χ3v) is 4.97. The number of hydrogen-bond donors (Lipinski definition) is 1. The minimum absolute atomic E-state index is 0.00982. The molecule has 2 fully saturated rings. The fourth-order valence-corrected chi connectivity index (χ4v) is 3.76. The van der Waals surface area contributed by atoms with Gasteiger partial charge in [-0.1, -0.05) is 6.42 Å². The topological polar surface area (TPSA) is 72.1 Å². The van der Waals surface area contributed by atoms with Crippen LogP contribution in [-0.2, 0) is 20.8 Å². The van der Waals surface area contributed by atoms with Crippen LogP contribution in [0.5, 0.6) is 0 Å². The molecule has 0 radical (unpaired) electrons. The van der Waals surface area contributed by atoms with Crippen LogP contribution in [0.2, 0.25) is 0 Å². The van der Waals surface area contributed by atoms with Gasteiger partial charge in [0.15, 0.2) is 0 Å². The Bertz CT molecular complexity index is 618. The maximum absolute atomic E-state index is 10.6. The first kappa shape index (κ1) is 21.7. The minimum atomic E-state index is -5.08. The Balaban J connectivity index is 0.000000321. The number of morpholine rings is 1. The summed E-state index contributed by atoms with van der Waals surface area (Å²) in [5, 5.41) is 7.12. The van der Waals surface area contributed by atoms with Crippen LogP contribution in [0.3, 0.4) is 0 Å². The number of aliphatic carboxylic acids is 1. The lowest BCUT2D eigenvalue weighted by atomic mass is 9.89. The normalized spacial score (nSPS) is 26.0. The first-order valence-electron chi connectivity index (χ1n) is 8.87. The summed E-state index contributed by atoms with van der Waals surface area (Å²) in [6.07, 6.45) is -1.45. The van der Waals surface area contributed by atoms with Gasteiger partial charge >= 0.3 is 12.1 Å². The first-order valence-corrected chi connectivity index (χ1v) is 8.87. The lowest BCUT2D eigenvalue weighted by Crippen LogP contribution is -2.54. The fourth-order valence-electron chi connectivity index (χ4n) is 3.76. The second kappa shape index (κ2) is 9.07. The molecule has 1 spiro atoms. The van der Waals surface area contributed by atoms with E-state index in [2.05, 4.69) is 11.0 Å². The van der Waals surface area contributed by atoms with Crippen molar-refractivity contribution in [2.45, 2.75) is 44.5 Å². The Kier molecular flexibility index (Phi) is 7.30. The predicted octanol–water partition coefficient (Wildman–Crippen LogP) is 3.24. The standard InChI is InChI=1S/C16H25NO3.C2HF3O2/c1-13-5-6-15(20-13)10-17-8-9-19-16(12-17)7-3-4-14(16)11-18-2;3-2(4,5)1(6)7/h5-6,14H,3-4,7-12H2,1-2H3;(H,6,7)/t14-,16-;/m0./s1. The van der Waals surface area contributed by atoms with Crippen molar-refractivity contribution in [2.24, 2.45) is 5.92 Å². The smallest absolute Gasteiger partial charge is 0.475 e. The van der Waals surface area contributed by atoms with Gasteiger partial charge in [0.25, 0.3) is 0 Å². The van der Waals surface area contributed by atoms with E-state index < -0.39 is 12.1 Å². The average Bonchev–Trinajstić information content (AvgIpc) is 3.15. The summed E-state index contributed by atoms with van der Waals surface area (Å²) < 4.78 is 49.0. The molecule has 1 aliphatic heterocycles. The number of furan rings is 1. The van der Waals surface area contributed by atoms with Gasteiger partial charge in [-0.05, 0) is 31.9 Å². The molecule has 1 saturated heterocycles. The molecule has 2 atom stereocenters. The van der Waals surface area contributed by atoms with Gasteiger partial charge in [-0.25, -0.2) is 4.79 Å².